The normalized spacial score (nSPS) is 28.2. The van der Waals surface area contributed by atoms with Gasteiger partial charge in [-0.3, -0.25) is 5.32 Å². The molecular formula is C9H15N3S. The van der Waals surface area contributed by atoms with E-state index in [1.165, 1.54) is 11.4 Å². The van der Waals surface area contributed by atoms with Gasteiger partial charge in [0, 0.05) is 18.3 Å². The lowest BCUT2D eigenvalue weighted by Gasteiger charge is -2.12. The van der Waals surface area contributed by atoms with Gasteiger partial charge in [-0.1, -0.05) is 0 Å². The number of imidazole rings is 1. The predicted molar refractivity (Wildman–Crippen MR) is 55.7 cm³/mol. The van der Waals surface area contributed by atoms with E-state index in [1.807, 2.05) is 24.3 Å². The molecule has 1 aromatic heterocycles. The van der Waals surface area contributed by atoms with E-state index in [-0.39, 0.29) is 0 Å². The van der Waals surface area contributed by atoms with Crippen molar-refractivity contribution in [2.24, 2.45) is 0 Å². The van der Waals surface area contributed by atoms with Crippen molar-refractivity contribution >= 4 is 11.8 Å². The quantitative estimate of drug-likeness (QED) is 0.781. The van der Waals surface area contributed by atoms with Gasteiger partial charge in [0.2, 0.25) is 0 Å². The number of rotatable bonds is 2. The molecule has 2 atom stereocenters. The van der Waals surface area contributed by atoms with E-state index in [4.69, 9.17) is 0 Å². The topological polar surface area (TPSA) is 29.9 Å². The van der Waals surface area contributed by atoms with Crippen LogP contribution in [0.2, 0.25) is 0 Å². The third-order valence-electron chi connectivity index (χ3n) is 2.30. The molecular weight excluding hydrogens is 182 g/mol. The maximum absolute atomic E-state index is 4.17. The summed E-state index contributed by atoms with van der Waals surface area (Å²) in [6.07, 6.45) is 3.87. The maximum Gasteiger partial charge on any atom is 0.0960 e. The Morgan fingerprint density at radius 2 is 2.62 bits per heavy atom. The van der Waals surface area contributed by atoms with Gasteiger partial charge in [-0.05, 0) is 13.8 Å². The molecule has 0 aromatic carbocycles. The molecule has 3 nitrogen and oxygen atoms in total. The van der Waals surface area contributed by atoms with Crippen molar-refractivity contribution in [3.8, 4) is 0 Å². The summed E-state index contributed by atoms with van der Waals surface area (Å²) in [5.74, 6) is 1.19. The molecule has 2 rings (SSSR count). The smallest absolute Gasteiger partial charge is 0.0960 e. The minimum absolute atomic E-state index is 0.442. The Labute approximate surface area is 82.9 Å². The zero-order valence-corrected chi connectivity index (χ0v) is 8.84. The number of nitrogens with zero attached hydrogens (tertiary/aromatic N) is 2. The van der Waals surface area contributed by atoms with Gasteiger partial charge in [0.15, 0.2) is 0 Å². The first-order chi connectivity index (χ1) is 6.31. The fourth-order valence-corrected chi connectivity index (χ4v) is 2.85. The summed E-state index contributed by atoms with van der Waals surface area (Å²) < 4.78 is 2.20. The molecule has 0 aliphatic carbocycles. The first-order valence-electron chi connectivity index (χ1n) is 4.69. The summed E-state index contributed by atoms with van der Waals surface area (Å²) in [5.41, 5.74) is 1.30. The van der Waals surface area contributed by atoms with Gasteiger partial charge in [0.1, 0.15) is 0 Å². The average molecular weight is 197 g/mol. The SMILES string of the molecule is CCn1cncc1C1NC(C)CS1. The van der Waals surface area contributed by atoms with E-state index in [1.54, 1.807) is 0 Å². The van der Waals surface area contributed by atoms with Crippen LogP contribution in [0.15, 0.2) is 12.5 Å². The number of hydrogen-bond donors (Lipinski definition) is 1. The molecule has 0 saturated carbocycles. The van der Waals surface area contributed by atoms with Gasteiger partial charge >= 0.3 is 0 Å². The highest BCUT2D eigenvalue weighted by atomic mass is 32.2. The molecule has 1 saturated heterocycles. The van der Waals surface area contributed by atoms with Gasteiger partial charge in [0.25, 0.3) is 0 Å². The van der Waals surface area contributed by atoms with Gasteiger partial charge in [-0.25, -0.2) is 4.98 Å². The Bertz CT molecular complexity index is 284. The lowest BCUT2D eigenvalue weighted by molar-refractivity contribution is 0.584. The number of aromatic nitrogens is 2. The number of aryl methyl sites for hydroxylation is 1. The monoisotopic (exact) mass is 197 g/mol. The Balaban J connectivity index is 2.16. The van der Waals surface area contributed by atoms with Gasteiger partial charge in [0.05, 0.1) is 23.6 Å². The highest BCUT2D eigenvalue weighted by Gasteiger charge is 2.24. The fourth-order valence-electron chi connectivity index (χ4n) is 1.58. The molecule has 0 amide bonds. The summed E-state index contributed by atoms with van der Waals surface area (Å²) >= 11 is 1.97. The second-order valence-electron chi connectivity index (χ2n) is 3.39. The second-order valence-corrected chi connectivity index (χ2v) is 4.52. The zero-order valence-electron chi connectivity index (χ0n) is 8.03. The summed E-state index contributed by atoms with van der Waals surface area (Å²) in [6.45, 7) is 5.37. The largest absolute Gasteiger partial charge is 0.333 e. The fraction of sp³-hybridized carbons (Fsp3) is 0.667. The number of nitrogens with one attached hydrogen (secondary N) is 1. The van der Waals surface area contributed by atoms with Crippen molar-refractivity contribution in [1.29, 1.82) is 0 Å². The van der Waals surface area contributed by atoms with E-state index < -0.39 is 0 Å². The van der Waals surface area contributed by atoms with Crippen LogP contribution in [0.25, 0.3) is 0 Å². The van der Waals surface area contributed by atoms with Crippen LogP contribution in [0, 0.1) is 0 Å². The Kier molecular flexibility index (Phi) is 2.60. The highest BCUT2D eigenvalue weighted by Crippen LogP contribution is 2.32. The molecule has 1 aliphatic heterocycles. The summed E-state index contributed by atoms with van der Waals surface area (Å²) in [4.78, 5) is 4.17. The van der Waals surface area contributed by atoms with E-state index in [0.29, 0.717) is 11.4 Å². The van der Waals surface area contributed by atoms with Crippen LogP contribution in [0.3, 0.4) is 0 Å². The standard InChI is InChI=1S/C9H15N3S/c1-3-12-6-10-4-8(12)9-11-7(2)5-13-9/h4,6-7,9,11H,3,5H2,1-2H3. The summed E-state index contributed by atoms with van der Waals surface area (Å²) in [5, 5.41) is 3.98. The molecule has 13 heavy (non-hydrogen) atoms. The Hall–Kier alpha value is -0.480. The van der Waals surface area contributed by atoms with E-state index in [9.17, 15) is 0 Å². The minimum atomic E-state index is 0.442. The molecule has 0 bridgehead atoms. The molecule has 4 heteroatoms. The average Bonchev–Trinajstić information content (AvgIpc) is 2.71. The van der Waals surface area contributed by atoms with Gasteiger partial charge in [-0.2, -0.15) is 0 Å². The first kappa shape index (κ1) is 9.09. The Morgan fingerprint density at radius 1 is 1.77 bits per heavy atom. The summed E-state index contributed by atoms with van der Waals surface area (Å²) in [7, 11) is 0. The van der Waals surface area contributed by atoms with Crippen LogP contribution in [0.1, 0.15) is 24.9 Å². The van der Waals surface area contributed by atoms with Crippen LogP contribution in [0.4, 0.5) is 0 Å². The number of hydrogen-bond acceptors (Lipinski definition) is 3. The maximum atomic E-state index is 4.17. The van der Waals surface area contributed by atoms with Crippen LogP contribution < -0.4 is 5.32 Å². The second kappa shape index (κ2) is 3.72. The molecule has 1 N–H and O–H groups in total. The van der Waals surface area contributed by atoms with Gasteiger partial charge < -0.3 is 4.57 Å². The van der Waals surface area contributed by atoms with Crippen molar-refractivity contribution in [2.45, 2.75) is 31.8 Å². The minimum Gasteiger partial charge on any atom is -0.333 e. The molecule has 1 aromatic rings. The van der Waals surface area contributed by atoms with E-state index >= 15 is 0 Å². The van der Waals surface area contributed by atoms with Crippen molar-refractivity contribution in [2.75, 3.05) is 5.75 Å². The van der Waals surface area contributed by atoms with Crippen LogP contribution >= 0.6 is 11.8 Å². The molecule has 0 spiro atoms. The predicted octanol–water partition coefficient (Wildman–Crippen LogP) is 1.63. The molecule has 0 radical (unpaired) electrons. The van der Waals surface area contributed by atoms with Crippen molar-refractivity contribution in [3.63, 3.8) is 0 Å². The summed E-state index contributed by atoms with van der Waals surface area (Å²) in [6, 6.07) is 0.621. The van der Waals surface area contributed by atoms with Crippen molar-refractivity contribution < 1.29 is 0 Å². The molecule has 72 valence electrons. The molecule has 1 aliphatic rings. The third kappa shape index (κ3) is 1.74. The van der Waals surface area contributed by atoms with Crippen molar-refractivity contribution in [3.05, 3.63) is 18.2 Å². The lowest BCUT2D eigenvalue weighted by atomic mass is 10.3. The highest BCUT2D eigenvalue weighted by molar-refractivity contribution is 7.99. The van der Waals surface area contributed by atoms with E-state index in [2.05, 4.69) is 28.7 Å². The van der Waals surface area contributed by atoms with Crippen LogP contribution in [-0.2, 0) is 6.54 Å². The molecule has 2 unspecified atom stereocenters. The molecule has 1 fully saturated rings. The lowest BCUT2D eigenvalue weighted by Crippen LogP contribution is -2.23. The number of thioether (sulfide) groups is 1. The van der Waals surface area contributed by atoms with E-state index in [0.717, 1.165) is 6.54 Å². The first-order valence-corrected chi connectivity index (χ1v) is 5.73. The van der Waals surface area contributed by atoms with Gasteiger partial charge in [-0.15, -0.1) is 11.8 Å². The zero-order chi connectivity index (χ0) is 9.26. The van der Waals surface area contributed by atoms with Crippen molar-refractivity contribution in [1.82, 2.24) is 14.9 Å². The molecule has 2 heterocycles. The third-order valence-corrected chi connectivity index (χ3v) is 3.71. The van der Waals surface area contributed by atoms with Crippen LogP contribution in [-0.4, -0.2) is 21.3 Å². The van der Waals surface area contributed by atoms with Crippen LogP contribution in [0.5, 0.6) is 0 Å². The Morgan fingerprint density at radius 3 is 3.23 bits per heavy atom.